The maximum atomic E-state index is 10.7. The summed E-state index contributed by atoms with van der Waals surface area (Å²) in [4.78, 5) is 13.1. The Morgan fingerprint density at radius 2 is 2.29 bits per heavy atom. The molecule has 1 aliphatic heterocycles. The van der Waals surface area contributed by atoms with Gasteiger partial charge in [0, 0.05) is 6.54 Å². The summed E-state index contributed by atoms with van der Waals surface area (Å²) in [5, 5.41) is 8.83. The van der Waals surface area contributed by atoms with Crippen LogP contribution in [0.4, 0.5) is 0 Å². The fourth-order valence-corrected chi connectivity index (χ4v) is 2.44. The van der Waals surface area contributed by atoms with E-state index < -0.39 is 5.97 Å². The van der Waals surface area contributed by atoms with Gasteiger partial charge in [0.15, 0.2) is 0 Å². The van der Waals surface area contributed by atoms with Crippen molar-refractivity contribution in [3.8, 4) is 0 Å². The quantitative estimate of drug-likeness (QED) is 0.752. The number of rotatable bonds is 4. The molecule has 1 rings (SSSR count). The van der Waals surface area contributed by atoms with Gasteiger partial charge in [-0.3, -0.25) is 4.79 Å². The third-order valence-electron chi connectivity index (χ3n) is 2.98. The van der Waals surface area contributed by atoms with Crippen LogP contribution >= 0.6 is 0 Å². The van der Waals surface area contributed by atoms with E-state index in [2.05, 4.69) is 18.7 Å². The number of hydrogen-bond acceptors (Lipinski definition) is 2. The molecule has 3 nitrogen and oxygen atoms in total. The molecule has 0 aromatic heterocycles. The van der Waals surface area contributed by atoms with E-state index in [0.29, 0.717) is 6.42 Å². The van der Waals surface area contributed by atoms with Crippen molar-refractivity contribution < 1.29 is 9.90 Å². The van der Waals surface area contributed by atoms with E-state index in [1.165, 1.54) is 0 Å². The minimum absolute atomic E-state index is 0.000741. The second-order valence-electron chi connectivity index (χ2n) is 4.76. The highest BCUT2D eigenvalue weighted by Gasteiger charge is 2.32. The van der Waals surface area contributed by atoms with Crippen molar-refractivity contribution in [2.45, 2.75) is 39.5 Å². The van der Waals surface area contributed by atoms with Crippen molar-refractivity contribution in [3.63, 3.8) is 0 Å². The first-order valence-electron chi connectivity index (χ1n) is 5.50. The summed E-state index contributed by atoms with van der Waals surface area (Å²) in [6.45, 7) is 7.47. The summed E-state index contributed by atoms with van der Waals surface area (Å²) in [5.74, 6) is -0.661. The van der Waals surface area contributed by atoms with Gasteiger partial charge in [0.1, 0.15) is 0 Å². The monoisotopic (exact) mass is 199 g/mol. The molecule has 0 aromatic rings. The molecule has 1 atom stereocenters. The Morgan fingerprint density at radius 1 is 1.57 bits per heavy atom. The number of piperidine rings is 1. The average molecular weight is 199 g/mol. The Balaban J connectivity index is 2.48. The highest BCUT2D eigenvalue weighted by molar-refractivity contribution is 5.67. The number of nitrogens with zero attached hydrogens (tertiary/aromatic N) is 1. The molecule has 1 saturated heterocycles. The zero-order chi connectivity index (χ0) is 10.6. The maximum absolute atomic E-state index is 10.7. The lowest BCUT2D eigenvalue weighted by atomic mass is 9.79. The first-order chi connectivity index (χ1) is 6.56. The minimum atomic E-state index is -0.661. The summed E-state index contributed by atoms with van der Waals surface area (Å²) in [7, 11) is 0. The highest BCUT2D eigenvalue weighted by Crippen LogP contribution is 2.32. The van der Waals surface area contributed by atoms with Gasteiger partial charge in [0.25, 0.3) is 0 Å². The number of carboxylic acid groups (broad SMARTS) is 1. The van der Waals surface area contributed by atoms with Gasteiger partial charge in [0.2, 0.25) is 0 Å². The Kier molecular flexibility index (Phi) is 3.93. The number of carboxylic acids is 1. The number of aliphatic carboxylic acids is 1. The lowest BCUT2D eigenvalue weighted by Gasteiger charge is -2.39. The Labute approximate surface area is 86.1 Å². The molecule has 0 saturated carbocycles. The van der Waals surface area contributed by atoms with E-state index in [1.54, 1.807) is 0 Å². The predicted octanol–water partition coefficient (Wildman–Crippen LogP) is 1.97. The van der Waals surface area contributed by atoms with Crippen LogP contribution in [0.2, 0.25) is 0 Å². The highest BCUT2D eigenvalue weighted by atomic mass is 16.4. The van der Waals surface area contributed by atoms with Crippen LogP contribution in [0, 0.1) is 5.41 Å². The number of carbonyl (C=O) groups is 1. The van der Waals surface area contributed by atoms with Crippen LogP contribution in [0.3, 0.4) is 0 Å². The van der Waals surface area contributed by atoms with Crippen LogP contribution in [0.15, 0.2) is 0 Å². The van der Waals surface area contributed by atoms with Crippen molar-refractivity contribution in [3.05, 3.63) is 0 Å². The fraction of sp³-hybridized carbons (Fsp3) is 0.909. The fourth-order valence-electron chi connectivity index (χ4n) is 2.44. The summed E-state index contributed by atoms with van der Waals surface area (Å²) in [6.07, 6.45) is 3.67. The Hall–Kier alpha value is -0.570. The molecule has 14 heavy (non-hydrogen) atoms. The van der Waals surface area contributed by atoms with E-state index in [4.69, 9.17) is 5.11 Å². The Bertz CT molecular complexity index is 203. The molecule has 0 aliphatic carbocycles. The molecule has 82 valence electrons. The first-order valence-corrected chi connectivity index (χ1v) is 5.50. The lowest BCUT2D eigenvalue weighted by Crippen LogP contribution is -2.42. The molecule has 1 aliphatic rings. The molecule has 0 bridgehead atoms. The van der Waals surface area contributed by atoms with Gasteiger partial charge < -0.3 is 10.0 Å². The SMILES string of the molecule is CCCN1CCCC(C)(CC(=O)O)C1. The van der Waals surface area contributed by atoms with Gasteiger partial charge in [-0.2, -0.15) is 0 Å². The smallest absolute Gasteiger partial charge is 0.303 e. The topological polar surface area (TPSA) is 40.5 Å². The van der Waals surface area contributed by atoms with Crippen LogP contribution in [0.25, 0.3) is 0 Å². The molecule has 1 N–H and O–H groups in total. The molecule has 1 unspecified atom stereocenters. The van der Waals surface area contributed by atoms with E-state index in [9.17, 15) is 4.79 Å². The molecule has 0 aromatic carbocycles. The van der Waals surface area contributed by atoms with E-state index in [1.807, 2.05) is 0 Å². The maximum Gasteiger partial charge on any atom is 0.303 e. The summed E-state index contributed by atoms with van der Waals surface area (Å²) in [5.41, 5.74) is -0.000741. The second kappa shape index (κ2) is 4.78. The standard InChI is InChI=1S/C11H21NO2/c1-3-6-12-7-4-5-11(2,9-12)8-10(13)14/h3-9H2,1-2H3,(H,13,14). The van der Waals surface area contributed by atoms with Gasteiger partial charge in [-0.15, -0.1) is 0 Å². The van der Waals surface area contributed by atoms with Crippen molar-refractivity contribution in [1.82, 2.24) is 4.90 Å². The molecule has 0 amide bonds. The largest absolute Gasteiger partial charge is 0.481 e. The van der Waals surface area contributed by atoms with Crippen LogP contribution in [0.1, 0.15) is 39.5 Å². The lowest BCUT2D eigenvalue weighted by molar-refractivity contribution is -0.140. The number of likely N-dealkylation sites (tertiary alicyclic amines) is 1. The number of hydrogen-bond donors (Lipinski definition) is 1. The van der Waals surface area contributed by atoms with E-state index >= 15 is 0 Å². The van der Waals surface area contributed by atoms with Crippen molar-refractivity contribution in [1.29, 1.82) is 0 Å². The van der Waals surface area contributed by atoms with Gasteiger partial charge >= 0.3 is 5.97 Å². The van der Waals surface area contributed by atoms with Crippen LogP contribution < -0.4 is 0 Å². The minimum Gasteiger partial charge on any atom is -0.481 e. The van der Waals surface area contributed by atoms with E-state index in [0.717, 1.165) is 38.9 Å². The van der Waals surface area contributed by atoms with Crippen molar-refractivity contribution >= 4 is 5.97 Å². The summed E-state index contributed by atoms with van der Waals surface area (Å²) in [6, 6.07) is 0. The van der Waals surface area contributed by atoms with Gasteiger partial charge in [-0.1, -0.05) is 13.8 Å². The average Bonchev–Trinajstić information content (AvgIpc) is 2.01. The molecular formula is C11H21NO2. The molecule has 1 fully saturated rings. The normalized spacial score (nSPS) is 29.0. The predicted molar refractivity (Wildman–Crippen MR) is 56.3 cm³/mol. The molecule has 0 radical (unpaired) electrons. The summed E-state index contributed by atoms with van der Waals surface area (Å²) >= 11 is 0. The van der Waals surface area contributed by atoms with Gasteiger partial charge in [-0.05, 0) is 37.8 Å². The van der Waals surface area contributed by atoms with Crippen molar-refractivity contribution in [2.24, 2.45) is 5.41 Å². The third kappa shape index (κ3) is 3.29. The summed E-state index contributed by atoms with van der Waals surface area (Å²) < 4.78 is 0. The molecule has 3 heteroatoms. The van der Waals surface area contributed by atoms with Crippen LogP contribution in [-0.2, 0) is 4.79 Å². The third-order valence-corrected chi connectivity index (χ3v) is 2.98. The van der Waals surface area contributed by atoms with Crippen molar-refractivity contribution in [2.75, 3.05) is 19.6 Å². The molecular weight excluding hydrogens is 178 g/mol. The van der Waals surface area contributed by atoms with Gasteiger partial charge in [-0.25, -0.2) is 0 Å². The van der Waals surface area contributed by atoms with Crippen LogP contribution in [0.5, 0.6) is 0 Å². The first kappa shape index (κ1) is 11.5. The zero-order valence-electron chi connectivity index (χ0n) is 9.25. The zero-order valence-corrected chi connectivity index (χ0v) is 9.25. The van der Waals surface area contributed by atoms with E-state index in [-0.39, 0.29) is 5.41 Å². The molecule has 0 spiro atoms. The second-order valence-corrected chi connectivity index (χ2v) is 4.76. The van der Waals surface area contributed by atoms with Crippen LogP contribution in [-0.4, -0.2) is 35.6 Å². The van der Waals surface area contributed by atoms with Gasteiger partial charge in [0.05, 0.1) is 6.42 Å². The molecule has 1 heterocycles. The Morgan fingerprint density at radius 3 is 2.86 bits per heavy atom.